The number of phenolic OH excluding ortho intramolecular Hbond substituents is 1. The predicted molar refractivity (Wildman–Crippen MR) is 51.6 cm³/mol. The van der Waals surface area contributed by atoms with E-state index in [-0.39, 0.29) is 10.6 Å². The monoisotopic (exact) mass is 215 g/mol. The van der Waals surface area contributed by atoms with Crippen molar-refractivity contribution < 1.29 is 10.0 Å². The van der Waals surface area contributed by atoms with Gasteiger partial charge < -0.3 is 10.9 Å². The van der Waals surface area contributed by atoms with Crippen LogP contribution in [0.4, 0.5) is 5.69 Å². The van der Waals surface area contributed by atoms with E-state index < -0.39 is 16.4 Å². The molecule has 6 nitrogen and oxygen atoms in total. The molecule has 0 aromatic heterocycles. The van der Waals surface area contributed by atoms with Gasteiger partial charge in [0, 0.05) is 16.7 Å². The van der Waals surface area contributed by atoms with E-state index in [9.17, 15) is 15.2 Å². The Morgan fingerprint density at radius 3 is 2.79 bits per heavy atom. The summed E-state index contributed by atoms with van der Waals surface area (Å²) in [5.74, 6) is 4.35. The van der Waals surface area contributed by atoms with Gasteiger partial charge in [0.15, 0.2) is 0 Å². The molecular formula is C7H6ClN3O3. The SMILES string of the molecule is NN=Cc1cc(Cl)cc([N+](=O)[O-])c1O. The van der Waals surface area contributed by atoms with Crippen molar-refractivity contribution in [3.63, 3.8) is 0 Å². The lowest BCUT2D eigenvalue weighted by Gasteiger charge is -2.00. The van der Waals surface area contributed by atoms with Gasteiger partial charge in [-0.05, 0) is 6.07 Å². The Morgan fingerprint density at radius 2 is 2.29 bits per heavy atom. The summed E-state index contributed by atoms with van der Waals surface area (Å²) in [7, 11) is 0. The fourth-order valence-electron chi connectivity index (χ4n) is 0.923. The minimum atomic E-state index is -0.741. The smallest absolute Gasteiger partial charge is 0.312 e. The fourth-order valence-corrected chi connectivity index (χ4v) is 1.14. The topological polar surface area (TPSA) is 102 Å². The first-order valence-corrected chi connectivity index (χ1v) is 3.84. The molecule has 74 valence electrons. The maximum atomic E-state index is 10.4. The number of hydrogen-bond acceptors (Lipinski definition) is 5. The van der Waals surface area contributed by atoms with Crippen molar-refractivity contribution in [3.8, 4) is 5.75 Å². The van der Waals surface area contributed by atoms with Crippen molar-refractivity contribution in [1.29, 1.82) is 0 Å². The molecule has 0 amide bonds. The second-order valence-corrected chi connectivity index (χ2v) is 2.83. The van der Waals surface area contributed by atoms with Crippen LogP contribution in [0, 0.1) is 10.1 Å². The molecule has 0 unspecified atom stereocenters. The van der Waals surface area contributed by atoms with E-state index in [1.54, 1.807) is 0 Å². The van der Waals surface area contributed by atoms with Gasteiger partial charge in [0.25, 0.3) is 0 Å². The zero-order valence-electron chi connectivity index (χ0n) is 6.85. The Bertz CT molecular complexity index is 405. The maximum Gasteiger partial charge on any atom is 0.312 e. The zero-order chi connectivity index (χ0) is 10.7. The summed E-state index contributed by atoms with van der Waals surface area (Å²) in [4.78, 5) is 9.70. The maximum absolute atomic E-state index is 10.4. The lowest BCUT2D eigenvalue weighted by Crippen LogP contribution is -1.93. The third kappa shape index (κ3) is 1.91. The quantitative estimate of drug-likeness (QED) is 0.335. The number of hydrazone groups is 1. The molecule has 14 heavy (non-hydrogen) atoms. The van der Waals surface area contributed by atoms with Crippen LogP contribution in [0.15, 0.2) is 17.2 Å². The van der Waals surface area contributed by atoms with Gasteiger partial charge >= 0.3 is 5.69 Å². The van der Waals surface area contributed by atoms with Crippen LogP contribution >= 0.6 is 11.6 Å². The summed E-state index contributed by atoms with van der Waals surface area (Å²) in [5.41, 5.74) is -0.376. The molecule has 1 aromatic carbocycles. The van der Waals surface area contributed by atoms with Gasteiger partial charge in [0.1, 0.15) is 0 Å². The van der Waals surface area contributed by atoms with Crippen LogP contribution in [-0.4, -0.2) is 16.2 Å². The lowest BCUT2D eigenvalue weighted by molar-refractivity contribution is -0.385. The van der Waals surface area contributed by atoms with Gasteiger partial charge in [-0.2, -0.15) is 5.10 Å². The molecule has 0 aliphatic heterocycles. The average Bonchev–Trinajstić information content (AvgIpc) is 2.10. The highest BCUT2D eigenvalue weighted by Crippen LogP contribution is 2.32. The molecule has 0 radical (unpaired) electrons. The molecule has 0 aliphatic rings. The first-order valence-electron chi connectivity index (χ1n) is 3.46. The minimum Gasteiger partial charge on any atom is -0.502 e. The summed E-state index contributed by atoms with van der Waals surface area (Å²) >= 11 is 5.58. The zero-order valence-corrected chi connectivity index (χ0v) is 7.60. The summed E-state index contributed by atoms with van der Waals surface area (Å²) in [5, 5.41) is 23.1. The number of nitrogens with two attached hydrogens (primary N) is 1. The Morgan fingerprint density at radius 1 is 1.64 bits per heavy atom. The fraction of sp³-hybridized carbons (Fsp3) is 0. The molecule has 0 heterocycles. The van der Waals surface area contributed by atoms with Crippen molar-refractivity contribution in [2.24, 2.45) is 10.9 Å². The number of hydrogen-bond donors (Lipinski definition) is 2. The van der Waals surface area contributed by atoms with Crippen LogP contribution in [0.1, 0.15) is 5.56 Å². The number of halogens is 1. The molecule has 0 atom stereocenters. The number of benzene rings is 1. The predicted octanol–water partition coefficient (Wildman–Crippen LogP) is 1.25. The normalized spacial score (nSPS) is 10.6. The molecule has 0 saturated heterocycles. The number of aromatic hydroxyl groups is 1. The molecule has 1 rings (SSSR count). The van der Waals surface area contributed by atoms with Gasteiger partial charge in [-0.3, -0.25) is 10.1 Å². The van der Waals surface area contributed by atoms with Crippen LogP contribution in [-0.2, 0) is 0 Å². The van der Waals surface area contributed by atoms with E-state index in [1.165, 1.54) is 6.07 Å². The summed E-state index contributed by atoms with van der Waals surface area (Å²) in [6.07, 6.45) is 1.08. The van der Waals surface area contributed by atoms with Gasteiger partial charge in [-0.15, -0.1) is 0 Å². The number of nitro benzene ring substituents is 1. The molecule has 0 saturated carbocycles. The van der Waals surface area contributed by atoms with E-state index in [0.29, 0.717) is 0 Å². The third-order valence-corrected chi connectivity index (χ3v) is 1.71. The van der Waals surface area contributed by atoms with E-state index in [0.717, 1.165) is 12.3 Å². The minimum absolute atomic E-state index is 0.103. The van der Waals surface area contributed by atoms with Gasteiger partial charge in [0.2, 0.25) is 5.75 Å². The van der Waals surface area contributed by atoms with Crippen LogP contribution in [0.2, 0.25) is 5.02 Å². The van der Waals surface area contributed by atoms with E-state index in [1.807, 2.05) is 0 Å². The van der Waals surface area contributed by atoms with Crippen LogP contribution < -0.4 is 5.84 Å². The lowest BCUT2D eigenvalue weighted by atomic mass is 10.2. The summed E-state index contributed by atoms with van der Waals surface area (Å²) < 4.78 is 0. The highest BCUT2D eigenvalue weighted by atomic mass is 35.5. The first-order chi connectivity index (χ1) is 6.56. The van der Waals surface area contributed by atoms with Crippen LogP contribution in [0.3, 0.4) is 0 Å². The Balaban J connectivity index is 3.39. The molecule has 7 heteroatoms. The Hall–Kier alpha value is -1.82. The third-order valence-electron chi connectivity index (χ3n) is 1.49. The number of rotatable bonds is 2. The molecule has 0 bridgehead atoms. The van der Waals surface area contributed by atoms with E-state index in [4.69, 9.17) is 17.4 Å². The van der Waals surface area contributed by atoms with Gasteiger partial charge in [-0.25, -0.2) is 0 Å². The van der Waals surface area contributed by atoms with Crippen LogP contribution in [0.25, 0.3) is 0 Å². The van der Waals surface area contributed by atoms with Crippen molar-refractivity contribution >= 4 is 23.5 Å². The average molecular weight is 216 g/mol. The Kier molecular flexibility index (Phi) is 2.88. The van der Waals surface area contributed by atoms with Crippen molar-refractivity contribution in [2.45, 2.75) is 0 Å². The largest absolute Gasteiger partial charge is 0.502 e. The molecule has 0 fully saturated rings. The number of phenols is 1. The Labute approximate surface area is 83.8 Å². The molecule has 3 N–H and O–H groups in total. The van der Waals surface area contributed by atoms with Crippen molar-refractivity contribution in [1.82, 2.24) is 0 Å². The summed E-state index contributed by atoms with van der Waals surface area (Å²) in [6, 6.07) is 2.37. The van der Waals surface area contributed by atoms with E-state index >= 15 is 0 Å². The second kappa shape index (κ2) is 3.93. The van der Waals surface area contributed by atoms with Crippen molar-refractivity contribution in [2.75, 3.05) is 0 Å². The standard InChI is InChI=1S/C7H6ClN3O3/c8-5-1-4(3-10-9)7(12)6(2-5)11(13)14/h1-3,12H,9H2. The molecule has 0 spiro atoms. The van der Waals surface area contributed by atoms with E-state index in [2.05, 4.69) is 5.10 Å². The highest BCUT2D eigenvalue weighted by molar-refractivity contribution is 6.31. The second-order valence-electron chi connectivity index (χ2n) is 2.40. The molecule has 0 aliphatic carbocycles. The summed E-state index contributed by atoms with van der Waals surface area (Å²) in [6.45, 7) is 0. The highest BCUT2D eigenvalue weighted by Gasteiger charge is 2.17. The molecular weight excluding hydrogens is 210 g/mol. The van der Waals surface area contributed by atoms with Crippen LogP contribution in [0.5, 0.6) is 5.75 Å². The number of nitrogens with zero attached hydrogens (tertiary/aromatic N) is 2. The van der Waals surface area contributed by atoms with Gasteiger partial charge in [-0.1, -0.05) is 11.6 Å². The first kappa shape index (κ1) is 10.3. The molecule has 1 aromatic rings. The van der Waals surface area contributed by atoms with Crippen molar-refractivity contribution in [3.05, 3.63) is 32.8 Å². The number of nitro groups is 1. The van der Waals surface area contributed by atoms with Gasteiger partial charge in [0.05, 0.1) is 11.1 Å².